The first-order chi connectivity index (χ1) is 13.2. The number of halogens is 1. The lowest BCUT2D eigenvalue weighted by molar-refractivity contribution is 0.431. The Morgan fingerprint density at radius 2 is 2.19 bits per heavy atom. The summed E-state index contributed by atoms with van der Waals surface area (Å²) in [5, 5.41) is 12.2. The number of nitrogens with zero attached hydrogens (tertiary/aromatic N) is 5. The van der Waals surface area contributed by atoms with Crippen LogP contribution in [0.25, 0.3) is 5.69 Å². The van der Waals surface area contributed by atoms with Crippen LogP contribution >= 0.6 is 0 Å². The van der Waals surface area contributed by atoms with Crippen LogP contribution in [-0.2, 0) is 13.1 Å². The molecule has 0 bridgehead atoms. The average molecular weight is 370 g/mol. The van der Waals surface area contributed by atoms with Crippen LogP contribution in [0.3, 0.4) is 0 Å². The molecular weight excluding hydrogens is 347 g/mol. The van der Waals surface area contributed by atoms with Crippen molar-refractivity contribution >= 4 is 0 Å². The number of piperidine rings is 1. The standard InChI is InChI=1S/C19H23FN6O/c1-2-24-18(15-6-5-9-21-11-15)23-26(19(24)27)13-14-10-22-25(12-14)17-8-4-3-7-16(17)20/h3-4,7-8,10,12,15,21H,2,5-6,9,11,13H2,1H3. The van der Waals surface area contributed by atoms with Gasteiger partial charge in [0.2, 0.25) is 0 Å². The molecule has 0 saturated carbocycles. The third-order valence-corrected chi connectivity index (χ3v) is 5.00. The van der Waals surface area contributed by atoms with Gasteiger partial charge in [0.05, 0.1) is 12.7 Å². The number of aromatic nitrogens is 5. The molecule has 8 heteroatoms. The smallest absolute Gasteiger partial charge is 0.316 e. The lowest BCUT2D eigenvalue weighted by atomic mass is 9.99. The van der Waals surface area contributed by atoms with Crippen LogP contribution in [0.5, 0.6) is 0 Å². The Bertz CT molecular complexity index is 982. The van der Waals surface area contributed by atoms with Gasteiger partial charge >= 0.3 is 5.69 Å². The lowest BCUT2D eigenvalue weighted by Crippen LogP contribution is -2.31. The van der Waals surface area contributed by atoms with E-state index in [1.807, 2.05) is 6.92 Å². The van der Waals surface area contributed by atoms with Crippen molar-refractivity contribution in [2.45, 2.75) is 38.8 Å². The predicted octanol–water partition coefficient (Wildman–Crippen LogP) is 1.90. The molecule has 0 radical (unpaired) electrons. The minimum Gasteiger partial charge on any atom is -0.316 e. The second-order valence-electron chi connectivity index (χ2n) is 6.83. The summed E-state index contributed by atoms with van der Waals surface area (Å²) < 4.78 is 18.7. The maximum absolute atomic E-state index is 13.9. The Kier molecular flexibility index (Phi) is 4.89. The SMILES string of the molecule is CCn1c(C2CCCNC2)nn(Cc2cnn(-c3ccccc3F)c2)c1=O. The van der Waals surface area contributed by atoms with Crippen molar-refractivity contribution in [2.24, 2.45) is 0 Å². The fraction of sp³-hybridized carbons (Fsp3) is 0.421. The summed E-state index contributed by atoms with van der Waals surface area (Å²) in [4.78, 5) is 12.8. The maximum Gasteiger partial charge on any atom is 0.346 e. The van der Waals surface area contributed by atoms with Crippen molar-refractivity contribution in [1.82, 2.24) is 29.4 Å². The van der Waals surface area contributed by atoms with E-state index in [0.29, 0.717) is 18.8 Å². The van der Waals surface area contributed by atoms with Crippen LogP contribution < -0.4 is 11.0 Å². The summed E-state index contributed by atoms with van der Waals surface area (Å²) in [5.41, 5.74) is 1.07. The molecule has 1 aliphatic rings. The van der Waals surface area contributed by atoms with E-state index in [1.54, 1.807) is 35.2 Å². The minimum absolute atomic E-state index is 0.114. The first-order valence-corrected chi connectivity index (χ1v) is 9.34. The van der Waals surface area contributed by atoms with Crippen molar-refractivity contribution in [3.63, 3.8) is 0 Å². The highest BCUT2D eigenvalue weighted by Crippen LogP contribution is 2.21. The van der Waals surface area contributed by atoms with Crippen LogP contribution in [0.4, 0.5) is 4.39 Å². The third kappa shape index (κ3) is 3.44. The van der Waals surface area contributed by atoms with Crippen LogP contribution in [0, 0.1) is 5.82 Å². The maximum atomic E-state index is 13.9. The van der Waals surface area contributed by atoms with Gasteiger partial charge in [0.15, 0.2) is 0 Å². The molecule has 1 atom stereocenters. The van der Waals surface area contributed by atoms with Gasteiger partial charge in [0.25, 0.3) is 0 Å². The normalized spacial score (nSPS) is 17.3. The molecular formula is C19H23FN6O. The van der Waals surface area contributed by atoms with Gasteiger partial charge in [-0.2, -0.15) is 10.2 Å². The van der Waals surface area contributed by atoms with Gasteiger partial charge in [0.1, 0.15) is 17.3 Å². The van der Waals surface area contributed by atoms with Crippen LogP contribution in [0.2, 0.25) is 0 Å². The van der Waals surface area contributed by atoms with Crippen LogP contribution in [0.1, 0.15) is 37.1 Å². The highest BCUT2D eigenvalue weighted by molar-refractivity contribution is 5.32. The summed E-state index contributed by atoms with van der Waals surface area (Å²) in [6, 6.07) is 6.46. The van der Waals surface area contributed by atoms with E-state index in [9.17, 15) is 9.18 Å². The highest BCUT2D eigenvalue weighted by atomic mass is 19.1. The summed E-state index contributed by atoms with van der Waals surface area (Å²) in [6.07, 6.45) is 5.50. The molecule has 27 heavy (non-hydrogen) atoms. The number of hydrogen-bond acceptors (Lipinski definition) is 4. The number of benzene rings is 1. The van der Waals surface area contributed by atoms with E-state index >= 15 is 0 Å². The van der Waals surface area contributed by atoms with Gasteiger partial charge in [-0.1, -0.05) is 12.1 Å². The van der Waals surface area contributed by atoms with E-state index in [0.717, 1.165) is 37.3 Å². The Balaban J connectivity index is 1.61. The van der Waals surface area contributed by atoms with E-state index in [2.05, 4.69) is 15.5 Å². The molecule has 2 aromatic heterocycles. The Hall–Kier alpha value is -2.74. The predicted molar refractivity (Wildman–Crippen MR) is 99.6 cm³/mol. The van der Waals surface area contributed by atoms with Gasteiger partial charge in [-0.25, -0.2) is 18.5 Å². The van der Waals surface area contributed by atoms with Crippen LogP contribution in [-0.4, -0.2) is 37.2 Å². The summed E-state index contributed by atoms with van der Waals surface area (Å²) in [7, 11) is 0. The van der Waals surface area contributed by atoms with Gasteiger partial charge < -0.3 is 5.32 Å². The quantitative estimate of drug-likeness (QED) is 0.745. The summed E-state index contributed by atoms with van der Waals surface area (Å²) in [5.74, 6) is 0.761. The van der Waals surface area contributed by atoms with Crippen molar-refractivity contribution in [3.8, 4) is 5.69 Å². The molecule has 1 unspecified atom stereocenters. The van der Waals surface area contributed by atoms with E-state index < -0.39 is 0 Å². The van der Waals surface area contributed by atoms with E-state index in [1.165, 1.54) is 15.4 Å². The zero-order valence-corrected chi connectivity index (χ0v) is 15.3. The lowest BCUT2D eigenvalue weighted by Gasteiger charge is -2.21. The molecule has 1 aliphatic heterocycles. The zero-order chi connectivity index (χ0) is 18.8. The molecule has 1 N–H and O–H groups in total. The number of hydrogen-bond donors (Lipinski definition) is 1. The van der Waals surface area contributed by atoms with Gasteiger partial charge in [0, 0.05) is 30.8 Å². The largest absolute Gasteiger partial charge is 0.346 e. The molecule has 0 spiro atoms. The minimum atomic E-state index is -0.341. The summed E-state index contributed by atoms with van der Waals surface area (Å²) >= 11 is 0. The van der Waals surface area contributed by atoms with Crippen molar-refractivity contribution in [1.29, 1.82) is 0 Å². The number of nitrogens with one attached hydrogen (secondary N) is 1. The van der Waals surface area contributed by atoms with Crippen LogP contribution in [0.15, 0.2) is 41.5 Å². The number of para-hydroxylation sites is 1. The first kappa shape index (κ1) is 17.7. The Morgan fingerprint density at radius 1 is 1.33 bits per heavy atom. The monoisotopic (exact) mass is 370 g/mol. The molecule has 0 amide bonds. The fourth-order valence-electron chi connectivity index (χ4n) is 3.62. The molecule has 4 rings (SSSR count). The van der Waals surface area contributed by atoms with E-state index in [4.69, 9.17) is 0 Å². The molecule has 1 fully saturated rings. The molecule has 3 heterocycles. The Labute approximate surface area is 156 Å². The summed E-state index contributed by atoms with van der Waals surface area (Å²) in [6.45, 7) is 4.74. The molecule has 1 aromatic carbocycles. The Morgan fingerprint density at radius 3 is 2.93 bits per heavy atom. The molecule has 142 valence electrons. The van der Waals surface area contributed by atoms with Gasteiger partial charge in [-0.3, -0.25) is 4.57 Å². The van der Waals surface area contributed by atoms with Crippen molar-refractivity contribution < 1.29 is 4.39 Å². The molecule has 0 aliphatic carbocycles. The van der Waals surface area contributed by atoms with E-state index in [-0.39, 0.29) is 17.4 Å². The second-order valence-corrected chi connectivity index (χ2v) is 6.83. The molecule has 7 nitrogen and oxygen atoms in total. The van der Waals surface area contributed by atoms with Crippen molar-refractivity contribution in [2.75, 3.05) is 13.1 Å². The zero-order valence-electron chi connectivity index (χ0n) is 15.3. The molecule has 1 saturated heterocycles. The third-order valence-electron chi connectivity index (χ3n) is 5.00. The van der Waals surface area contributed by atoms with Gasteiger partial charge in [-0.05, 0) is 38.4 Å². The average Bonchev–Trinajstić information content (AvgIpc) is 3.28. The molecule has 3 aromatic rings. The number of rotatable bonds is 5. The topological polar surface area (TPSA) is 69.7 Å². The van der Waals surface area contributed by atoms with Gasteiger partial charge in [-0.15, -0.1) is 0 Å². The van der Waals surface area contributed by atoms with Crippen molar-refractivity contribution in [3.05, 3.63) is 64.3 Å². The fourth-order valence-corrected chi connectivity index (χ4v) is 3.62. The highest BCUT2D eigenvalue weighted by Gasteiger charge is 2.23. The first-order valence-electron chi connectivity index (χ1n) is 9.34. The second kappa shape index (κ2) is 7.48.